The van der Waals surface area contributed by atoms with Crippen molar-refractivity contribution < 1.29 is 23.1 Å². The molecule has 8 nitrogen and oxygen atoms in total. The number of carbonyl (C=O) groups is 2. The van der Waals surface area contributed by atoms with Crippen LogP contribution in [0.25, 0.3) is 0 Å². The van der Waals surface area contributed by atoms with Crippen LogP contribution in [0.2, 0.25) is 0 Å². The number of hydrogen-bond donors (Lipinski definition) is 1. The van der Waals surface area contributed by atoms with E-state index in [1.54, 1.807) is 11.8 Å². The summed E-state index contributed by atoms with van der Waals surface area (Å²) in [6.07, 6.45) is 0.132. The summed E-state index contributed by atoms with van der Waals surface area (Å²) in [5.41, 5.74) is 0. The first-order valence-electron chi connectivity index (χ1n) is 6.81. The molecule has 0 saturated carbocycles. The molecule has 1 atom stereocenters. The van der Waals surface area contributed by atoms with Crippen molar-refractivity contribution in [3.05, 3.63) is 0 Å². The predicted molar refractivity (Wildman–Crippen MR) is 76.8 cm³/mol. The average Bonchev–Trinajstić information content (AvgIpc) is 2.37. The fraction of sp³-hybridized carbons (Fsp3) is 0.833. The summed E-state index contributed by atoms with van der Waals surface area (Å²) < 4.78 is 26.4. The molecule has 0 aliphatic carbocycles. The van der Waals surface area contributed by atoms with Crippen LogP contribution in [-0.4, -0.2) is 79.2 Å². The third kappa shape index (κ3) is 4.94. The van der Waals surface area contributed by atoms with Gasteiger partial charge in [0.05, 0.1) is 0 Å². The van der Waals surface area contributed by atoms with Crippen LogP contribution in [0.1, 0.15) is 19.8 Å². The van der Waals surface area contributed by atoms with Crippen molar-refractivity contribution in [3.63, 3.8) is 0 Å². The third-order valence-electron chi connectivity index (χ3n) is 3.43. The third-order valence-corrected chi connectivity index (χ3v) is 5.37. The Kier molecular flexibility index (Phi) is 6.11. The highest BCUT2D eigenvalue weighted by atomic mass is 32.2. The Balaban J connectivity index is 2.49. The van der Waals surface area contributed by atoms with Crippen LogP contribution in [-0.2, 0) is 19.8 Å². The van der Waals surface area contributed by atoms with Crippen molar-refractivity contribution in [1.29, 1.82) is 0 Å². The molecule has 21 heavy (non-hydrogen) atoms. The van der Waals surface area contributed by atoms with Crippen molar-refractivity contribution >= 4 is 22.1 Å². The normalized spacial score (nSPS) is 18.8. The van der Waals surface area contributed by atoms with E-state index < -0.39 is 16.2 Å². The minimum Gasteiger partial charge on any atom is -0.481 e. The minimum absolute atomic E-state index is 0.0410. The molecular weight excluding hydrogens is 298 g/mol. The van der Waals surface area contributed by atoms with Crippen LogP contribution >= 0.6 is 0 Å². The number of carboxylic acids is 1. The van der Waals surface area contributed by atoms with E-state index in [0.29, 0.717) is 13.1 Å². The molecule has 0 aromatic rings. The van der Waals surface area contributed by atoms with Crippen LogP contribution < -0.4 is 0 Å². The van der Waals surface area contributed by atoms with Crippen molar-refractivity contribution in [2.24, 2.45) is 5.92 Å². The topological polar surface area (TPSA) is 98.2 Å². The molecule has 0 spiro atoms. The second kappa shape index (κ2) is 7.19. The summed E-state index contributed by atoms with van der Waals surface area (Å²) in [6, 6.07) is 0. The van der Waals surface area contributed by atoms with Crippen LogP contribution in [0.4, 0.5) is 0 Å². The monoisotopic (exact) mass is 321 g/mol. The van der Waals surface area contributed by atoms with Gasteiger partial charge in [-0.15, -0.1) is 0 Å². The summed E-state index contributed by atoms with van der Waals surface area (Å²) in [4.78, 5) is 24.2. The SMILES string of the molecule is CC(CC(=O)O)CC(=O)N1CCN(S(=O)(=O)N(C)C)CC1. The molecule has 1 N–H and O–H groups in total. The van der Waals surface area contributed by atoms with Gasteiger partial charge >= 0.3 is 5.97 Å². The Bertz CT molecular complexity index is 483. The van der Waals surface area contributed by atoms with Gasteiger partial charge in [-0.1, -0.05) is 6.92 Å². The second-order valence-corrected chi connectivity index (χ2v) is 7.62. The highest BCUT2D eigenvalue weighted by molar-refractivity contribution is 7.86. The molecule has 1 unspecified atom stereocenters. The Morgan fingerprint density at radius 2 is 1.67 bits per heavy atom. The number of piperazine rings is 1. The number of carbonyl (C=O) groups excluding carboxylic acids is 1. The molecule has 1 aliphatic rings. The lowest BCUT2D eigenvalue weighted by molar-refractivity contribution is -0.138. The summed E-state index contributed by atoms with van der Waals surface area (Å²) in [6.45, 7) is 2.93. The van der Waals surface area contributed by atoms with Gasteiger partial charge in [-0.25, -0.2) is 0 Å². The molecule has 1 rings (SSSR count). The Hall–Kier alpha value is -1.19. The maximum atomic E-state index is 12.0. The minimum atomic E-state index is -3.44. The first-order valence-corrected chi connectivity index (χ1v) is 8.21. The van der Waals surface area contributed by atoms with E-state index in [0.717, 1.165) is 4.31 Å². The van der Waals surface area contributed by atoms with E-state index >= 15 is 0 Å². The van der Waals surface area contributed by atoms with Gasteiger partial charge in [-0.3, -0.25) is 9.59 Å². The van der Waals surface area contributed by atoms with Gasteiger partial charge in [-0.05, 0) is 5.92 Å². The lowest BCUT2D eigenvalue weighted by atomic mass is 10.0. The molecule has 122 valence electrons. The molecule has 1 amide bonds. The Labute approximate surface area is 125 Å². The first-order chi connectivity index (χ1) is 9.64. The largest absolute Gasteiger partial charge is 0.481 e. The highest BCUT2D eigenvalue weighted by Crippen LogP contribution is 2.14. The van der Waals surface area contributed by atoms with Crippen molar-refractivity contribution in [2.45, 2.75) is 19.8 Å². The molecule has 0 aromatic heterocycles. The number of amides is 1. The number of hydrogen-bond acceptors (Lipinski definition) is 4. The summed E-state index contributed by atoms with van der Waals surface area (Å²) in [7, 11) is -0.492. The van der Waals surface area contributed by atoms with Crippen molar-refractivity contribution in [2.75, 3.05) is 40.3 Å². The summed E-state index contributed by atoms with van der Waals surface area (Å²) in [5.74, 6) is -1.26. The summed E-state index contributed by atoms with van der Waals surface area (Å²) >= 11 is 0. The van der Waals surface area contributed by atoms with E-state index in [1.165, 1.54) is 18.4 Å². The average molecular weight is 321 g/mol. The first kappa shape index (κ1) is 17.9. The maximum absolute atomic E-state index is 12.0. The van der Waals surface area contributed by atoms with Crippen LogP contribution in [0.5, 0.6) is 0 Å². The van der Waals surface area contributed by atoms with Gasteiger partial charge in [0.25, 0.3) is 10.2 Å². The zero-order valence-corrected chi connectivity index (χ0v) is 13.5. The van der Waals surface area contributed by atoms with E-state index in [4.69, 9.17) is 5.11 Å². The van der Waals surface area contributed by atoms with Gasteiger partial charge < -0.3 is 10.0 Å². The number of nitrogens with zero attached hydrogens (tertiary/aromatic N) is 3. The molecule has 0 radical (unpaired) electrons. The Morgan fingerprint density at radius 1 is 1.14 bits per heavy atom. The number of aliphatic carboxylic acids is 1. The molecule has 0 bridgehead atoms. The molecule has 1 aliphatic heterocycles. The smallest absolute Gasteiger partial charge is 0.303 e. The molecule has 9 heteroatoms. The van der Waals surface area contributed by atoms with Gasteiger partial charge in [-0.2, -0.15) is 17.0 Å². The van der Waals surface area contributed by atoms with Gasteiger partial charge in [0.2, 0.25) is 5.91 Å². The van der Waals surface area contributed by atoms with Crippen LogP contribution in [0.15, 0.2) is 0 Å². The number of carboxylic acid groups (broad SMARTS) is 1. The molecular formula is C12H23N3O5S. The molecule has 1 fully saturated rings. The lowest BCUT2D eigenvalue weighted by Crippen LogP contribution is -2.53. The zero-order valence-electron chi connectivity index (χ0n) is 12.7. The summed E-state index contributed by atoms with van der Waals surface area (Å²) in [5, 5.41) is 8.68. The number of rotatable bonds is 6. The van der Waals surface area contributed by atoms with E-state index in [2.05, 4.69) is 0 Å². The molecule has 0 aromatic carbocycles. The molecule has 1 saturated heterocycles. The van der Waals surface area contributed by atoms with Gasteiger partial charge in [0.15, 0.2) is 0 Å². The fourth-order valence-electron chi connectivity index (χ4n) is 2.20. The fourth-order valence-corrected chi connectivity index (χ4v) is 3.28. The van der Waals surface area contributed by atoms with E-state index in [9.17, 15) is 18.0 Å². The maximum Gasteiger partial charge on any atom is 0.303 e. The van der Waals surface area contributed by atoms with Crippen molar-refractivity contribution in [3.8, 4) is 0 Å². The van der Waals surface area contributed by atoms with Gasteiger partial charge in [0.1, 0.15) is 0 Å². The second-order valence-electron chi connectivity index (χ2n) is 5.48. The van der Waals surface area contributed by atoms with Gasteiger partial charge in [0, 0.05) is 53.1 Å². The lowest BCUT2D eigenvalue weighted by Gasteiger charge is -2.35. The van der Waals surface area contributed by atoms with Crippen LogP contribution in [0.3, 0.4) is 0 Å². The Morgan fingerprint density at radius 3 is 2.10 bits per heavy atom. The van der Waals surface area contributed by atoms with Crippen LogP contribution in [0, 0.1) is 5.92 Å². The molecule has 1 heterocycles. The zero-order chi connectivity index (χ0) is 16.2. The quantitative estimate of drug-likeness (QED) is 0.707. The van der Waals surface area contributed by atoms with E-state index in [-0.39, 0.29) is 37.8 Å². The van der Waals surface area contributed by atoms with Crippen molar-refractivity contribution in [1.82, 2.24) is 13.5 Å². The van der Waals surface area contributed by atoms with E-state index in [1.807, 2.05) is 0 Å². The standard InChI is InChI=1S/C12H23N3O5S/c1-10(9-12(17)18)8-11(16)14-4-6-15(7-5-14)21(19,20)13(2)3/h10H,4-9H2,1-3H3,(H,17,18). The highest BCUT2D eigenvalue weighted by Gasteiger charge is 2.30. The predicted octanol–water partition coefficient (Wildman–Crippen LogP) is -0.562.